The van der Waals surface area contributed by atoms with E-state index >= 15 is 0 Å². The quantitative estimate of drug-likeness (QED) is 0.550. The number of cyclic esters (lactones) is 1. The van der Waals surface area contributed by atoms with Crippen LogP contribution in [0.15, 0.2) is 39.7 Å². The van der Waals surface area contributed by atoms with E-state index in [9.17, 15) is 22.0 Å². The zero-order valence-corrected chi connectivity index (χ0v) is 18.6. The van der Waals surface area contributed by atoms with E-state index < -0.39 is 37.7 Å². The summed E-state index contributed by atoms with van der Waals surface area (Å²) in [6, 6.07) is 6.48. The average Bonchev–Trinajstić information content (AvgIpc) is 2.71. The standard InChI is InChI=1S/C19H16BrClF2N2O4S/c20-12-1-2-17-11(7-12)10-29-19(26)25(17)13-3-5-24(6-4-13)30(27,28)18-8-14(21)15(22)9-16(18)23/h1-2,7-9,13H,3-6,10H2. The van der Waals surface area contributed by atoms with Crippen molar-refractivity contribution >= 4 is 49.3 Å². The number of piperidine rings is 1. The average molecular weight is 522 g/mol. The summed E-state index contributed by atoms with van der Waals surface area (Å²) in [5.74, 6) is -2.22. The molecule has 2 aromatic rings. The van der Waals surface area contributed by atoms with Crippen LogP contribution in [-0.2, 0) is 21.4 Å². The Morgan fingerprint density at radius 1 is 1.10 bits per heavy atom. The van der Waals surface area contributed by atoms with Crippen molar-refractivity contribution < 1.29 is 26.7 Å². The second-order valence-electron chi connectivity index (χ2n) is 7.03. The van der Waals surface area contributed by atoms with Crippen LogP contribution in [0, 0.1) is 11.6 Å². The van der Waals surface area contributed by atoms with Gasteiger partial charge in [0.15, 0.2) is 0 Å². The number of nitrogens with zero attached hydrogens (tertiary/aromatic N) is 2. The summed E-state index contributed by atoms with van der Waals surface area (Å²) in [4.78, 5) is 13.3. The normalized spacial score (nSPS) is 18.3. The zero-order chi connectivity index (χ0) is 21.6. The second-order valence-corrected chi connectivity index (χ2v) is 10.3. The highest BCUT2D eigenvalue weighted by molar-refractivity contribution is 9.10. The van der Waals surface area contributed by atoms with Crippen LogP contribution in [-0.4, -0.2) is 37.9 Å². The van der Waals surface area contributed by atoms with Gasteiger partial charge in [-0.3, -0.25) is 4.90 Å². The van der Waals surface area contributed by atoms with Gasteiger partial charge in [-0.15, -0.1) is 0 Å². The first kappa shape index (κ1) is 21.5. The minimum absolute atomic E-state index is 0.0665. The predicted molar refractivity (Wildman–Crippen MR) is 110 cm³/mol. The summed E-state index contributed by atoms with van der Waals surface area (Å²) in [6.07, 6.45) is 0.184. The molecule has 1 amide bonds. The first-order valence-electron chi connectivity index (χ1n) is 9.07. The summed E-state index contributed by atoms with van der Waals surface area (Å²) in [6.45, 7) is 0.302. The van der Waals surface area contributed by atoms with Gasteiger partial charge in [0.1, 0.15) is 23.1 Å². The number of hydrogen-bond acceptors (Lipinski definition) is 4. The highest BCUT2D eigenvalue weighted by Gasteiger charge is 2.38. The van der Waals surface area contributed by atoms with Crippen LogP contribution in [0.25, 0.3) is 0 Å². The SMILES string of the molecule is O=C1OCc2cc(Br)ccc2N1C1CCN(S(=O)(=O)c2cc(Cl)c(F)cc2F)CC1. The topological polar surface area (TPSA) is 66.9 Å². The maximum absolute atomic E-state index is 14.1. The number of halogens is 4. The van der Waals surface area contributed by atoms with Crippen molar-refractivity contribution in [2.75, 3.05) is 18.0 Å². The third kappa shape index (κ3) is 3.81. The number of benzene rings is 2. The third-order valence-corrected chi connectivity index (χ3v) is 7.93. The summed E-state index contributed by atoms with van der Waals surface area (Å²) in [5, 5.41) is -0.469. The molecule has 2 heterocycles. The van der Waals surface area contributed by atoms with Crippen LogP contribution < -0.4 is 4.90 Å². The van der Waals surface area contributed by atoms with E-state index in [4.69, 9.17) is 16.3 Å². The number of ether oxygens (including phenoxy) is 1. The number of hydrogen-bond donors (Lipinski definition) is 0. The minimum Gasteiger partial charge on any atom is -0.444 e. The van der Waals surface area contributed by atoms with E-state index in [-0.39, 0.29) is 25.7 Å². The van der Waals surface area contributed by atoms with Gasteiger partial charge in [-0.1, -0.05) is 27.5 Å². The zero-order valence-electron chi connectivity index (χ0n) is 15.4. The van der Waals surface area contributed by atoms with E-state index in [1.165, 1.54) is 0 Å². The minimum atomic E-state index is -4.20. The molecule has 0 unspecified atom stereocenters. The molecule has 2 aromatic carbocycles. The number of amides is 1. The lowest BCUT2D eigenvalue weighted by atomic mass is 10.0. The van der Waals surface area contributed by atoms with Crippen LogP contribution in [0.5, 0.6) is 0 Å². The maximum Gasteiger partial charge on any atom is 0.414 e. The lowest BCUT2D eigenvalue weighted by Crippen LogP contribution is -2.50. The van der Waals surface area contributed by atoms with Gasteiger partial charge in [-0.2, -0.15) is 4.31 Å². The molecule has 2 aliphatic heterocycles. The molecule has 11 heteroatoms. The summed E-state index contributed by atoms with van der Waals surface area (Å²) < 4.78 is 60.5. The molecule has 0 atom stereocenters. The van der Waals surface area contributed by atoms with E-state index in [2.05, 4.69) is 15.9 Å². The molecule has 0 spiro atoms. The maximum atomic E-state index is 14.1. The van der Waals surface area contributed by atoms with Crippen molar-refractivity contribution in [1.82, 2.24) is 4.31 Å². The Kier molecular flexibility index (Phi) is 5.78. The molecule has 1 fully saturated rings. The lowest BCUT2D eigenvalue weighted by Gasteiger charge is -2.39. The number of fused-ring (bicyclic) bond motifs is 1. The Labute approximate surface area is 185 Å². The van der Waals surface area contributed by atoms with E-state index in [1.807, 2.05) is 18.2 Å². The van der Waals surface area contributed by atoms with Gasteiger partial charge in [0.25, 0.3) is 0 Å². The van der Waals surface area contributed by atoms with Gasteiger partial charge < -0.3 is 4.74 Å². The molecule has 0 bridgehead atoms. The van der Waals surface area contributed by atoms with Crippen LogP contribution in [0.4, 0.5) is 19.3 Å². The van der Waals surface area contributed by atoms with Crippen molar-refractivity contribution in [2.24, 2.45) is 0 Å². The number of carbonyl (C=O) groups excluding carboxylic acids is 1. The van der Waals surface area contributed by atoms with Gasteiger partial charge in [0, 0.05) is 35.2 Å². The smallest absolute Gasteiger partial charge is 0.414 e. The van der Waals surface area contributed by atoms with Crippen LogP contribution >= 0.6 is 27.5 Å². The fourth-order valence-electron chi connectivity index (χ4n) is 3.74. The highest BCUT2D eigenvalue weighted by atomic mass is 79.9. The fraction of sp³-hybridized carbons (Fsp3) is 0.316. The van der Waals surface area contributed by atoms with E-state index in [1.54, 1.807) is 4.90 Å². The van der Waals surface area contributed by atoms with Crippen LogP contribution in [0.1, 0.15) is 18.4 Å². The molecule has 0 N–H and O–H groups in total. The summed E-state index contributed by atoms with van der Waals surface area (Å²) >= 11 is 9.04. The molecule has 0 radical (unpaired) electrons. The second kappa shape index (κ2) is 8.07. The molecule has 4 rings (SSSR count). The van der Waals surface area contributed by atoms with Gasteiger partial charge in [-0.05, 0) is 37.1 Å². The van der Waals surface area contributed by atoms with E-state index in [0.29, 0.717) is 18.9 Å². The molecule has 0 aromatic heterocycles. The molecule has 2 aliphatic rings. The molecule has 0 saturated carbocycles. The van der Waals surface area contributed by atoms with Crippen molar-refractivity contribution in [3.63, 3.8) is 0 Å². The molecule has 1 saturated heterocycles. The van der Waals surface area contributed by atoms with Gasteiger partial charge >= 0.3 is 6.09 Å². The molecule has 6 nitrogen and oxygen atoms in total. The fourth-order valence-corrected chi connectivity index (χ4v) is 5.92. The number of carbonyl (C=O) groups is 1. The van der Waals surface area contributed by atoms with Gasteiger partial charge in [-0.25, -0.2) is 22.0 Å². The molecular formula is C19H16BrClF2N2O4S. The van der Waals surface area contributed by atoms with Crippen molar-refractivity contribution in [3.8, 4) is 0 Å². The monoisotopic (exact) mass is 520 g/mol. The first-order chi connectivity index (χ1) is 14.2. The Morgan fingerprint density at radius 2 is 1.80 bits per heavy atom. The van der Waals surface area contributed by atoms with Crippen LogP contribution in [0.3, 0.4) is 0 Å². The summed E-state index contributed by atoms with van der Waals surface area (Å²) in [7, 11) is -4.20. The number of anilines is 1. The van der Waals surface area contributed by atoms with Crippen molar-refractivity contribution in [1.29, 1.82) is 0 Å². The summed E-state index contributed by atoms with van der Waals surface area (Å²) in [5.41, 5.74) is 1.58. The third-order valence-electron chi connectivity index (χ3n) is 5.23. The highest BCUT2D eigenvalue weighted by Crippen LogP contribution is 2.35. The Hall–Kier alpha value is -1.75. The molecule has 0 aliphatic carbocycles. The Bertz CT molecular complexity index is 1120. The van der Waals surface area contributed by atoms with Crippen molar-refractivity contribution in [3.05, 3.63) is 57.0 Å². The number of rotatable bonds is 3. The Balaban J connectivity index is 1.55. The molecule has 30 heavy (non-hydrogen) atoms. The number of sulfonamides is 1. The van der Waals surface area contributed by atoms with Crippen LogP contribution in [0.2, 0.25) is 5.02 Å². The van der Waals surface area contributed by atoms with Gasteiger partial charge in [0.05, 0.1) is 10.7 Å². The Morgan fingerprint density at radius 3 is 2.50 bits per heavy atom. The van der Waals surface area contributed by atoms with Gasteiger partial charge in [0.2, 0.25) is 10.0 Å². The lowest BCUT2D eigenvalue weighted by molar-refractivity contribution is 0.135. The molecule has 160 valence electrons. The predicted octanol–water partition coefficient (Wildman–Crippen LogP) is 4.69. The van der Waals surface area contributed by atoms with Crippen molar-refractivity contribution in [2.45, 2.75) is 30.4 Å². The molecular weight excluding hydrogens is 506 g/mol. The van der Waals surface area contributed by atoms with E-state index in [0.717, 1.165) is 26.1 Å². The first-order valence-corrected chi connectivity index (χ1v) is 11.7. The largest absolute Gasteiger partial charge is 0.444 e.